The minimum Gasteiger partial charge on any atom is -0.493 e. The quantitative estimate of drug-likeness (QED) is 0.866. The SMILES string of the molecule is COc1cc2ccnc(C3CCC(=O)CC3)c2cc1OC. The third-order valence-electron chi connectivity index (χ3n) is 4.23. The molecule has 1 saturated carbocycles. The van der Waals surface area contributed by atoms with Crippen LogP contribution in [-0.4, -0.2) is 25.0 Å². The van der Waals surface area contributed by atoms with E-state index >= 15 is 0 Å². The highest BCUT2D eigenvalue weighted by molar-refractivity contribution is 5.88. The predicted octanol–water partition coefficient (Wildman–Crippen LogP) is 3.48. The number of Topliss-reactive ketones (excluding diaryl/α,β-unsaturated/α-hetero) is 1. The van der Waals surface area contributed by atoms with Crippen molar-refractivity contribution in [2.75, 3.05) is 14.2 Å². The van der Waals surface area contributed by atoms with Crippen LogP contribution >= 0.6 is 0 Å². The number of carbonyl (C=O) groups is 1. The van der Waals surface area contributed by atoms with Crippen molar-refractivity contribution in [1.29, 1.82) is 0 Å². The summed E-state index contributed by atoms with van der Waals surface area (Å²) in [5.74, 6) is 2.15. The summed E-state index contributed by atoms with van der Waals surface area (Å²) in [6.07, 6.45) is 4.94. The molecule has 3 rings (SSSR count). The molecular formula is C17H19NO3. The Balaban J connectivity index is 2.08. The van der Waals surface area contributed by atoms with Crippen LogP contribution in [0, 0.1) is 0 Å². The Morgan fingerprint density at radius 3 is 2.43 bits per heavy atom. The Kier molecular flexibility index (Phi) is 3.78. The fraction of sp³-hybridized carbons (Fsp3) is 0.412. The minimum absolute atomic E-state index is 0.351. The molecule has 1 aromatic carbocycles. The van der Waals surface area contributed by atoms with Gasteiger partial charge in [-0.25, -0.2) is 0 Å². The summed E-state index contributed by atoms with van der Waals surface area (Å²) in [4.78, 5) is 16.0. The molecule has 1 heterocycles. The average Bonchev–Trinajstić information content (AvgIpc) is 2.53. The summed E-state index contributed by atoms with van der Waals surface area (Å²) in [6, 6.07) is 5.95. The van der Waals surface area contributed by atoms with Crippen molar-refractivity contribution in [3.8, 4) is 11.5 Å². The number of rotatable bonds is 3. The highest BCUT2D eigenvalue weighted by Gasteiger charge is 2.23. The van der Waals surface area contributed by atoms with Crippen molar-refractivity contribution in [3.05, 3.63) is 30.1 Å². The van der Waals surface area contributed by atoms with Gasteiger partial charge >= 0.3 is 0 Å². The Hall–Kier alpha value is -2.10. The van der Waals surface area contributed by atoms with Crippen molar-refractivity contribution in [2.45, 2.75) is 31.6 Å². The second-order valence-electron chi connectivity index (χ2n) is 5.44. The normalized spacial score (nSPS) is 16.2. The molecule has 0 saturated heterocycles. The van der Waals surface area contributed by atoms with Gasteiger partial charge in [0.05, 0.1) is 19.9 Å². The largest absolute Gasteiger partial charge is 0.493 e. The monoisotopic (exact) mass is 285 g/mol. The third-order valence-corrected chi connectivity index (χ3v) is 4.23. The molecule has 1 aliphatic rings. The molecule has 0 radical (unpaired) electrons. The van der Waals surface area contributed by atoms with Crippen molar-refractivity contribution in [2.24, 2.45) is 0 Å². The maximum atomic E-state index is 11.4. The lowest BCUT2D eigenvalue weighted by molar-refractivity contribution is -0.120. The fourth-order valence-corrected chi connectivity index (χ4v) is 3.06. The first kappa shape index (κ1) is 13.9. The first-order valence-corrected chi connectivity index (χ1v) is 7.25. The van der Waals surface area contributed by atoms with Crippen molar-refractivity contribution in [1.82, 2.24) is 4.98 Å². The van der Waals surface area contributed by atoms with Crippen LogP contribution < -0.4 is 9.47 Å². The van der Waals surface area contributed by atoms with Gasteiger partial charge in [-0.05, 0) is 36.4 Å². The minimum atomic E-state index is 0.351. The zero-order valence-electron chi connectivity index (χ0n) is 12.4. The number of benzene rings is 1. The number of fused-ring (bicyclic) bond motifs is 1. The summed E-state index contributed by atoms with van der Waals surface area (Å²) < 4.78 is 10.8. The number of aromatic nitrogens is 1. The van der Waals surface area contributed by atoms with Gasteiger partial charge in [-0.1, -0.05) is 0 Å². The molecule has 0 spiro atoms. The lowest BCUT2D eigenvalue weighted by Gasteiger charge is -2.22. The number of hydrogen-bond donors (Lipinski definition) is 0. The van der Waals surface area contributed by atoms with Gasteiger partial charge in [-0.3, -0.25) is 9.78 Å². The second-order valence-corrected chi connectivity index (χ2v) is 5.44. The highest BCUT2D eigenvalue weighted by Crippen LogP contribution is 2.38. The van der Waals surface area contributed by atoms with Crippen molar-refractivity contribution < 1.29 is 14.3 Å². The summed E-state index contributed by atoms with van der Waals surface area (Å²) >= 11 is 0. The predicted molar refractivity (Wildman–Crippen MR) is 81.1 cm³/mol. The number of pyridine rings is 1. The fourth-order valence-electron chi connectivity index (χ4n) is 3.06. The smallest absolute Gasteiger partial charge is 0.161 e. The topological polar surface area (TPSA) is 48.4 Å². The maximum Gasteiger partial charge on any atom is 0.161 e. The van der Waals surface area contributed by atoms with Crippen LogP contribution in [-0.2, 0) is 4.79 Å². The Morgan fingerprint density at radius 1 is 1.10 bits per heavy atom. The summed E-state index contributed by atoms with van der Waals surface area (Å²) in [6.45, 7) is 0. The molecule has 0 amide bonds. The van der Waals surface area contributed by atoms with E-state index in [9.17, 15) is 4.79 Å². The maximum absolute atomic E-state index is 11.4. The van der Waals surface area contributed by atoms with Gasteiger partial charge in [-0.2, -0.15) is 0 Å². The molecule has 0 bridgehead atoms. The number of carbonyl (C=O) groups excluding carboxylic acids is 1. The zero-order valence-corrected chi connectivity index (χ0v) is 12.4. The molecule has 1 aliphatic carbocycles. The van der Waals surface area contributed by atoms with E-state index < -0.39 is 0 Å². The van der Waals surface area contributed by atoms with Crippen LogP contribution in [0.2, 0.25) is 0 Å². The lowest BCUT2D eigenvalue weighted by Crippen LogP contribution is -2.13. The van der Waals surface area contributed by atoms with E-state index in [-0.39, 0.29) is 0 Å². The molecule has 0 aliphatic heterocycles. The van der Waals surface area contributed by atoms with E-state index in [1.165, 1.54) is 0 Å². The highest BCUT2D eigenvalue weighted by atomic mass is 16.5. The third kappa shape index (κ3) is 2.58. The van der Waals surface area contributed by atoms with Crippen LogP contribution in [0.1, 0.15) is 37.3 Å². The van der Waals surface area contributed by atoms with E-state index in [2.05, 4.69) is 4.98 Å². The number of ketones is 1. The zero-order chi connectivity index (χ0) is 14.8. The first-order valence-electron chi connectivity index (χ1n) is 7.25. The summed E-state index contributed by atoms with van der Waals surface area (Å²) in [5.41, 5.74) is 1.07. The van der Waals surface area contributed by atoms with E-state index in [1.807, 2.05) is 24.4 Å². The molecule has 110 valence electrons. The van der Waals surface area contributed by atoms with Crippen LogP contribution in [0.3, 0.4) is 0 Å². The Labute approximate surface area is 124 Å². The molecule has 0 atom stereocenters. The standard InChI is InChI=1S/C17H19NO3/c1-20-15-9-12-7-8-18-17(14(12)10-16(15)21-2)11-3-5-13(19)6-4-11/h7-11H,3-6H2,1-2H3. The second kappa shape index (κ2) is 5.72. The number of hydrogen-bond acceptors (Lipinski definition) is 4. The number of nitrogens with zero attached hydrogens (tertiary/aromatic N) is 1. The lowest BCUT2D eigenvalue weighted by atomic mass is 9.84. The van der Waals surface area contributed by atoms with Gasteiger partial charge in [-0.15, -0.1) is 0 Å². The van der Waals surface area contributed by atoms with Gasteiger partial charge in [0.2, 0.25) is 0 Å². The van der Waals surface area contributed by atoms with Crippen molar-refractivity contribution >= 4 is 16.6 Å². The first-order chi connectivity index (χ1) is 10.2. The summed E-state index contributed by atoms with van der Waals surface area (Å²) in [5, 5.41) is 2.18. The molecule has 4 heteroatoms. The number of methoxy groups -OCH3 is 2. The molecule has 4 nitrogen and oxygen atoms in total. The Bertz CT molecular complexity index is 671. The van der Waals surface area contributed by atoms with Gasteiger partial charge in [0.1, 0.15) is 5.78 Å². The number of ether oxygens (including phenoxy) is 2. The van der Waals surface area contributed by atoms with Gasteiger partial charge in [0, 0.05) is 30.3 Å². The molecule has 2 aromatic rings. The van der Waals surface area contributed by atoms with Crippen LogP contribution in [0.15, 0.2) is 24.4 Å². The molecule has 1 aromatic heterocycles. The molecule has 1 fully saturated rings. The van der Waals surface area contributed by atoms with E-state index in [0.29, 0.717) is 30.3 Å². The molecule has 0 unspecified atom stereocenters. The van der Waals surface area contributed by atoms with Crippen LogP contribution in [0.5, 0.6) is 11.5 Å². The van der Waals surface area contributed by atoms with E-state index in [1.54, 1.807) is 14.2 Å². The van der Waals surface area contributed by atoms with Crippen LogP contribution in [0.25, 0.3) is 10.8 Å². The van der Waals surface area contributed by atoms with Crippen LogP contribution in [0.4, 0.5) is 0 Å². The average molecular weight is 285 g/mol. The van der Waals surface area contributed by atoms with Gasteiger partial charge in [0.15, 0.2) is 11.5 Å². The van der Waals surface area contributed by atoms with E-state index in [0.717, 1.165) is 35.1 Å². The van der Waals surface area contributed by atoms with Crippen molar-refractivity contribution in [3.63, 3.8) is 0 Å². The Morgan fingerprint density at radius 2 is 1.76 bits per heavy atom. The molecule has 0 N–H and O–H groups in total. The van der Waals surface area contributed by atoms with Gasteiger partial charge in [0.25, 0.3) is 0 Å². The van der Waals surface area contributed by atoms with E-state index in [4.69, 9.17) is 9.47 Å². The van der Waals surface area contributed by atoms with Gasteiger partial charge < -0.3 is 9.47 Å². The summed E-state index contributed by atoms with van der Waals surface area (Å²) in [7, 11) is 3.28. The molecule has 21 heavy (non-hydrogen) atoms. The molecular weight excluding hydrogens is 266 g/mol.